The molecule has 0 aliphatic heterocycles. The molecule has 0 saturated heterocycles. The molecular formula is C47H27N7. The van der Waals surface area contributed by atoms with E-state index in [1.54, 1.807) is 24.3 Å². The Morgan fingerprint density at radius 1 is 0.407 bits per heavy atom. The Morgan fingerprint density at radius 3 is 1.59 bits per heavy atom. The molecule has 3 heterocycles. The summed E-state index contributed by atoms with van der Waals surface area (Å²) in [7, 11) is 0. The molecule has 0 unspecified atom stereocenters. The predicted molar refractivity (Wildman–Crippen MR) is 214 cm³/mol. The van der Waals surface area contributed by atoms with Crippen LogP contribution in [0.5, 0.6) is 0 Å². The van der Waals surface area contributed by atoms with Crippen molar-refractivity contribution >= 4 is 43.6 Å². The summed E-state index contributed by atoms with van der Waals surface area (Å²) in [5.74, 6) is 1.42. The quantitative estimate of drug-likeness (QED) is 0.179. The van der Waals surface area contributed by atoms with Crippen LogP contribution in [0.1, 0.15) is 11.1 Å². The standard InChI is InChI=1S/C47H27N7/c48-28-30-17-21-32(22-18-30)45-50-46(33-23-19-31(29-49)20-24-33)52-47(51-45)54-41-15-7-5-12-38(41)44-36(13-8-16-43(44)54)34-25-26-42-39(27-34)37-11-4-6-14-40(37)53(42)35-9-2-1-3-10-35/h1-27H. The molecule has 0 fully saturated rings. The van der Waals surface area contributed by atoms with Gasteiger partial charge in [0.05, 0.1) is 45.3 Å². The molecule has 54 heavy (non-hydrogen) atoms. The lowest BCUT2D eigenvalue weighted by molar-refractivity contribution is 0.953. The third kappa shape index (κ3) is 4.92. The van der Waals surface area contributed by atoms with Gasteiger partial charge in [0.1, 0.15) is 0 Å². The molecule has 0 spiro atoms. The summed E-state index contributed by atoms with van der Waals surface area (Å²) in [6.07, 6.45) is 0. The van der Waals surface area contributed by atoms with E-state index in [2.05, 4.69) is 124 Å². The van der Waals surface area contributed by atoms with Gasteiger partial charge in [0.2, 0.25) is 5.95 Å². The zero-order chi connectivity index (χ0) is 36.2. The van der Waals surface area contributed by atoms with Crippen LogP contribution in [0.25, 0.3) is 89.2 Å². The lowest BCUT2D eigenvalue weighted by Gasteiger charge is -2.11. The highest BCUT2D eigenvalue weighted by Gasteiger charge is 2.21. The summed E-state index contributed by atoms with van der Waals surface area (Å²) < 4.78 is 4.44. The van der Waals surface area contributed by atoms with Crippen molar-refractivity contribution < 1.29 is 0 Å². The fourth-order valence-corrected chi connectivity index (χ4v) is 7.58. The van der Waals surface area contributed by atoms with E-state index in [0.29, 0.717) is 28.7 Å². The minimum Gasteiger partial charge on any atom is -0.309 e. The summed E-state index contributed by atoms with van der Waals surface area (Å²) in [6, 6.07) is 59.5. The lowest BCUT2D eigenvalue weighted by atomic mass is 9.98. The number of para-hydroxylation sites is 3. The Labute approximate surface area is 309 Å². The maximum Gasteiger partial charge on any atom is 0.238 e. The van der Waals surface area contributed by atoms with Crippen LogP contribution in [0.3, 0.4) is 0 Å². The Hall–Kier alpha value is -7.87. The SMILES string of the molecule is N#Cc1ccc(-c2nc(-c3ccc(C#N)cc3)nc(-n3c4ccccc4c4c(-c5ccc6c(c5)c5ccccc5n6-c5ccccc5)cccc43)n2)cc1. The van der Waals surface area contributed by atoms with Crippen LogP contribution in [0.15, 0.2) is 164 Å². The van der Waals surface area contributed by atoms with Gasteiger partial charge in [-0.2, -0.15) is 20.5 Å². The molecule has 7 heteroatoms. The van der Waals surface area contributed by atoms with E-state index in [9.17, 15) is 10.5 Å². The van der Waals surface area contributed by atoms with Crippen molar-refractivity contribution in [2.24, 2.45) is 0 Å². The minimum atomic E-state index is 0.466. The Morgan fingerprint density at radius 2 is 0.944 bits per heavy atom. The number of benzene rings is 7. The van der Waals surface area contributed by atoms with Gasteiger partial charge in [-0.05, 0) is 102 Å². The highest BCUT2D eigenvalue weighted by molar-refractivity contribution is 6.17. The monoisotopic (exact) mass is 689 g/mol. The van der Waals surface area contributed by atoms with Crippen LogP contribution in [0, 0.1) is 22.7 Å². The van der Waals surface area contributed by atoms with Crippen molar-refractivity contribution in [2.45, 2.75) is 0 Å². The number of hydrogen-bond acceptors (Lipinski definition) is 5. The van der Waals surface area contributed by atoms with Gasteiger partial charge in [-0.3, -0.25) is 4.57 Å². The van der Waals surface area contributed by atoms with Crippen LogP contribution in [-0.4, -0.2) is 24.1 Å². The van der Waals surface area contributed by atoms with Crippen molar-refractivity contribution in [1.82, 2.24) is 24.1 Å². The van der Waals surface area contributed by atoms with Crippen LogP contribution >= 0.6 is 0 Å². The fraction of sp³-hybridized carbons (Fsp3) is 0. The maximum atomic E-state index is 9.44. The number of fused-ring (bicyclic) bond motifs is 6. The minimum absolute atomic E-state index is 0.466. The topological polar surface area (TPSA) is 96.1 Å². The summed E-state index contributed by atoms with van der Waals surface area (Å²) in [4.78, 5) is 15.0. The molecule has 0 bridgehead atoms. The molecule has 0 saturated carbocycles. The summed E-state index contributed by atoms with van der Waals surface area (Å²) in [5.41, 5.74) is 10.2. The van der Waals surface area contributed by atoms with E-state index in [-0.39, 0.29) is 0 Å². The number of nitriles is 2. The van der Waals surface area contributed by atoms with Gasteiger partial charge in [0.15, 0.2) is 11.6 Å². The first-order valence-electron chi connectivity index (χ1n) is 17.6. The predicted octanol–water partition coefficient (Wildman–Crippen LogP) is 10.8. The van der Waals surface area contributed by atoms with E-state index in [0.717, 1.165) is 60.8 Å². The first-order chi connectivity index (χ1) is 26.7. The van der Waals surface area contributed by atoms with E-state index in [1.807, 2.05) is 36.4 Å². The lowest BCUT2D eigenvalue weighted by Crippen LogP contribution is -2.06. The maximum absolute atomic E-state index is 9.44. The van der Waals surface area contributed by atoms with Crippen LogP contribution in [0.2, 0.25) is 0 Å². The Bertz CT molecular complexity index is 3080. The summed E-state index contributed by atoms with van der Waals surface area (Å²) in [6.45, 7) is 0. The molecule has 0 aliphatic carbocycles. The number of aromatic nitrogens is 5. The number of rotatable bonds is 5. The Balaban J connectivity index is 1.21. The van der Waals surface area contributed by atoms with E-state index in [4.69, 9.17) is 15.0 Å². The molecular weight excluding hydrogens is 663 g/mol. The van der Waals surface area contributed by atoms with Crippen molar-refractivity contribution in [3.8, 4) is 57.7 Å². The zero-order valence-corrected chi connectivity index (χ0v) is 28.7. The van der Waals surface area contributed by atoms with Gasteiger partial charge >= 0.3 is 0 Å². The van der Waals surface area contributed by atoms with Gasteiger partial charge in [0.25, 0.3) is 0 Å². The molecule has 10 rings (SSSR count). The van der Waals surface area contributed by atoms with Crippen LogP contribution in [0.4, 0.5) is 0 Å². The molecule has 0 amide bonds. The average Bonchev–Trinajstić information content (AvgIpc) is 3.77. The van der Waals surface area contributed by atoms with Gasteiger partial charge in [-0.15, -0.1) is 0 Å². The number of hydrogen-bond donors (Lipinski definition) is 0. The largest absolute Gasteiger partial charge is 0.309 e. The zero-order valence-electron chi connectivity index (χ0n) is 28.7. The average molecular weight is 690 g/mol. The molecule has 0 N–H and O–H groups in total. The Kier molecular flexibility index (Phi) is 7.11. The first kappa shape index (κ1) is 30.9. The number of nitrogens with zero attached hydrogens (tertiary/aromatic N) is 7. The van der Waals surface area contributed by atoms with Crippen molar-refractivity contribution in [2.75, 3.05) is 0 Å². The summed E-state index contributed by atoms with van der Waals surface area (Å²) >= 11 is 0. The van der Waals surface area contributed by atoms with Crippen molar-refractivity contribution in [1.29, 1.82) is 10.5 Å². The van der Waals surface area contributed by atoms with Gasteiger partial charge < -0.3 is 4.57 Å². The van der Waals surface area contributed by atoms with Gasteiger partial charge in [-0.25, -0.2) is 4.98 Å². The second-order valence-corrected chi connectivity index (χ2v) is 13.1. The summed E-state index contributed by atoms with van der Waals surface area (Å²) in [5, 5.41) is 23.4. The molecule has 250 valence electrons. The van der Waals surface area contributed by atoms with Gasteiger partial charge in [0, 0.05) is 38.4 Å². The highest BCUT2D eigenvalue weighted by Crippen LogP contribution is 2.41. The normalized spacial score (nSPS) is 11.3. The first-order valence-corrected chi connectivity index (χ1v) is 17.6. The fourth-order valence-electron chi connectivity index (χ4n) is 7.58. The third-order valence-electron chi connectivity index (χ3n) is 10.1. The molecule has 0 aliphatic rings. The van der Waals surface area contributed by atoms with Gasteiger partial charge in [-0.1, -0.05) is 72.8 Å². The second kappa shape index (κ2) is 12.4. The van der Waals surface area contributed by atoms with E-state index < -0.39 is 0 Å². The molecule has 3 aromatic heterocycles. The van der Waals surface area contributed by atoms with Crippen LogP contribution in [-0.2, 0) is 0 Å². The van der Waals surface area contributed by atoms with E-state index >= 15 is 0 Å². The molecule has 0 radical (unpaired) electrons. The van der Waals surface area contributed by atoms with E-state index in [1.165, 1.54) is 10.8 Å². The molecule has 7 nitrogen and oxygen atoms in total. The third-order valence-corrected chi connectivity index (χ3v) is 10.1. The highest BCUT2D eigenvalue weighted by atomic mass is 15.2. The second-order valence-electron chi connectivity index (χ2n) is 13.1. The van der Waals surface area contributed by atoms with Crippen molar-refractivity contribution in [3.63, 3.8) is 0 Å². The molecule has 7 aromatic carbocycles. The van der Waals surface area contributed by atoms with Crippen molar-refractivity contribution in [3.05, 3.63) is 175 Å². The smallest absolute Gasteiger partial charge is 0.238 e. The molecule has 0 atom stereocenters. The molecule has 10 aromatic rings. The van der Waals surface area contributed by atoms with Crippen LogP contribution < -0.4 is 0 Å².